The molecule has 0 saturated heterocycles. The lowest BCUT2D eigenvalue weighted by Gasteiger charge is -2.07. The van der Waals surface area contributed by atoms with Gasteiger partial charge in [-0.05, 0) is 25.1 Å². The van der Waals surface area contributed by atoms with E-state index in [0.717, 1.165) is 11.0 Å². The zero-order chi connectivity index (χ0) is 13.8. The summed E-state index contributed by atoms with van der Waals surface area (Å²) in [6.45, 7) is 1.55. The summed E-state index contributed by atoms with van der Waals surface area (Å²) >= 11 is 0. The second-order valence-electron chi connectivity index (χ2n) is 4.15. The molecular formula is C12H14N4O3. The molecule has 1 heterocycles. The molecule has 0 aliphatic carbocycles. The van der Waals surface area contributed by atoms with Gasteiger partial charge in [0.1, 0.15) is 0 Å². The summed E-state index contributed by atoms with van der Waals surface area (Å²) in [5, 5.41) is 13.8. The average molecular weight is 262 g/mol. The summed E-state index contributed by atoms with van der Waals surface area (Å²) in [7, 11) is 0. The van der Waals surface area contributed by atoms with Gasteiger partial charge in [0, 0.05) is 12.2 Å². The molecule has 0 radical (unpaired) electrons. The van der Waals surface area contributed by atoms with Gasteiger partial charge >= 0.3 is 11.8 Å². The van der Waals surface area contributed by atoms with Crippen LogP contribution in [0.5, 0.6) is 0 Å². The molecule has 0 aliphatic rings. The van der Waals surface area contributed by atoms with Gasteiger partial charge in [-0.3, -0.25) is 9.59 Å². The van der Waals surface area contributed by atoms with Crippen molar-refractivity contribution in [1.82, 2.24) is 15.3 Å². The summed E-state index contributed by atoms with van der Waals surface area (Å²) in [4.78, 5) is 29.9. The van der Waals surface area contributed by atoms with Crippen LogP contribution in [0.1, 0.15) is 6.92 Å². The Kier molecular flexibility index (Phi) is 3.76. The number of amides is 2. The van der Waals surface area contributed by atoms with E-state index in [-0.39, 0.29) is 6.54 Å². The van der Waals surface area contributed by atoms with Crippen molar-refractivity contribution in [3.63, 3.8) is 0 Å². The van der Waals surface area contributed by atoms with Crippen LogP contribution in [0.2, 0.25) is 0 Å². The van der Waals surface area contributed by atoms with Crippen LogP contribution in [0.4, 0.5) is 5.69 Å². The normalized spacial score (nSPS) is 12.1. The summed E-state index contributed by atoms with van der Waals surface area (Å²) in [5.41, 5.74) is 2.03. The van der Waals surface area contributed by atoms with Gasteiger partial charge in [0.2, 0.25) is 0 Å². The van der Waals surface area contributed by atoms with Crippen LogP contribution in [-0.2, 0) is 9.59 Å². The number of aromatic amines is 1. The van der Waals surface area contributed by atoms with E-state index in [1.165, 1.54) is 6.92 Å². The third-order valence-electron chi connectivity index (χ3n) is 2.44. The largest absolute Gasteiger partial charge is 0.392 e. The number of carbonyl (C=O) groups excluding carboxylic acids is 2. The van der Waals surface area contributed by atoms with E-state index in [1.54, 1.807) is 24.5 Å². The lowest BCUT2D eigenvalue weighted by molar-refractivity contribution is -0.136. The molecule has 1 aromatic heterocycles. The Bertz CT molecular complexity index is 606. The number of rotatable bonds is 3. The number of H-pyrrole nitrogens is 1. The number of nitrogens with one attached hydrogen (secondary N) is 3. The highest BCUT2D eigenvalue weighted by Crippen LogP contribution is 2.15. The number of aliphatic hydroxyl groups is 1. The molecule has 1 unspecified atom stereocenters. The zero-order valence-corrected chi connectivity index (χ0v) is 10.3. The van der Waals surface area contributed by atoms with E-state index in [9.17, 15) is 9.59 Å². The molecule has 7 nitrogen and oxygen atoms in total. The van der Waals surface area contributed by atoms with Gasteiger partial charge in [0.05, 0.1) is 23.5 Å². The molecule has 0 bridgehead atoms. The first kappa shape index (κ1) is 13.0. The van der Waals surface area contributed by atoms with Crippen molar-refractivity contribution >= 4 is 28.5 Å². The fourth-order valence-corrected chi connectivity index (χ4v) is 1.52. The predicted molar refractivity (Wildman–Crippen MR) is 69.4 cm³/mol. The van der Waals surface area contributed by atoms with E-state index in [2.05, 4.69) is 20.6 Å². The number of benzene rings is 1. The number of anilines is 1. The molecule has 0 saturated carbocycles. The summed E-state index contributed by atoms with van der Waals surface area (Å²) in [6, 6.07) is 5.07. The van der Waals surface area contributed by atoms with Crippen molar-refractivity contribution in [1.29, 1.82) is 0 Å². The van der Waals surface area contributed by atoms with Crippen molar-refractivity contribution in [2.75, 3.05) is 11.9 Å². The number of hydrogen-bond donors (Lipinski definition) is 4. The SMILES string of the molecule is CC(O)CNC(=O)C(=O)Nc1ccc2nc[nH]c2c1. The standard InChI is InChI=1S/C12H14N4O3/c1-7(17)5-13-11(18)12(19)16-8-2-3-9-10(4-8)15-6-14-9/h2-4,6-7,17H,5H2,1H3,(H,13,18)(H,14,15)(H,16,19). The zero-order valence-electron chi connectivity index (χ0n) is 10.3. The quantitative estimate of drug-likeness (QED) is 0.584. The first-order chi connectivity index (χ1) is 9.06. The first-order valence-corrected chi connectivity index (χ1v) is 5.76. The highest BCUT2D eigenvalue weighted by Gasteiger charge is 2.14. The maximum absolute atomic E-state index is 11.6. The van der Waals surface area contributed by atoms with Crippen LogP contribution < -0.4 is 10.6 Å². The molecule has 0 fully saturated rings. The molecule has 2 aromatic rings. The number of aliphatic hydroxyl groups excluding tert-OH is 1. The Morgan fingerprint density at radius 2 is 2.21 bits per heavy atom. The highest BCUT2D eigenvalue weighted by molar-refractivity contribution is 6.39. The van der Waals surface area contributed by atoms with Gasteiger partial charge in [0.25, 0.3) is 0 Å². The molecule has 1 atom stereocenters. The molecule has 2 rings (SSSR count). The number of carbonyl (C=O) groups is 2. The fourth-order valence-electron chi connectivity index (χ4n) is 1.52. The van der Waals surface area contributed by atoms with Gasteiger partial charge < -0.3 is 20.7 Å². The minimum Gasteiger partial charge on any atom is -0.392 e. The third-order valence-corrected chi connectivity index (χ3v) is 2.44. The summed E-state index contributed by atoms with van der Waals surface area (Å²) in [6.07, 6.45) is 0.851. The Balaban J connectivity index is 1.99. The number of fused-ring (bicyclic) bond motifs is 1. The molecule has 0 spiro atoms. The monoisotopic (exact) mass is 262 g/mol. The van der Waals surface area contributed by atoms with E-state index in [1.807, 2.05) is 0 Å². The maximum atomic E-state index is 11.6. The van der Waals surface area contributed by atoms with Crippen LogP contribution in [0, 0.1) is 0 Å². The third kappa shape index (κ3) is 3.29. The number of nitrogens with zero attached hydrogens (tertiary/aromatic N) is 1. The van der Waals surface area contributed by atoms with Gasteiger partial charge in [-0.2, -0.15) is 0 Å². The predicted octanol–water partition coefficient (Wildman–Crippen LogP) is -0.00160. The summed E-state index contributed by atoms with van der Waals surface area (Å²) < 4.78 is 0. The maximum Gasteiger partial charge on any atom is 0.313 e. The van der Waals surface area contributed by atoms with Crippen LogP contribution in [0.25, 0.3) is 11.0 Å². The van der Waals surface area contributed by atoms with Gasteiger partial charge in [-0.15, -0.1) is 0 Å². The minimum atomic E-state index is -0.786. The molecule has 1 aromatic carbocycles. The van der Waals surface area contributed by atoms with Crippen LogP contribution in [0.3, 0.4) is 0 Å². The molecular weight excluding hydrogens is 248 g/mol. The van der Waals surface area contributed by atoms with E-state index in [4.69, 9.17) is 5.11 Å². The molecule has 4 N–H and O–H groups in total. The van der Waals surface area contributed by atoms with E-state index >= 15 is 0 Å². The van der Waals surface area contributed by atoms with Crippen molar-refractivity contribution in [3.8, 4) is 0 Å². The molecule has 0 aliphatic heterocycles. The second-order valence-corrected chi connectivity index (χ2v) is 4.15. The van der Waals surface area contributed by atoms with Crippen LogP contribution >= 0.6 is 0 Å². The van der Waals surface area contributed by atoms with Crippen molar-refractivity contribution in [2.45, 2.75) is 13.0 Å². The van der Waals surface area contributed by atoms with Crippen LogP contribution in [-0.4, -0.2) is 39.5 Å². The number of hydrogen-bond acceptors (Lipinski definition) is 4. The molecule has 19 heavy (non-hydrogen) atoms. The van der Waals surface area contributed by atoms with Gasteiger partial charge in [0.15, 0.2) is 0 Å². The lowest BCUT2D eigenvalue weighted by Crippen LogP contribution is -2.38. The highest BCUT2D eigenvalue weighted by atomic mass is 16.3. The van der Waals surface area contributed by atoms with Crippen molar-refractivity contribution in [2.24, 2.45) is 0 Å². The minimum absolute atomic E-state index is 0.0336. The first-order valence-electron chi connectivity index (χ1n) is 5.76. The molecule has 7 heteroatoms. The Labute approximate surface area is 109 Å². The smallest absolute Gasteiger partial charge is 0.313 e. The Morgan fingerprint density at radius 3 is 2.95 bits per heavy atom. The topological polar surface area (TPSA) is 107 Å². The van der Waals surface area contributed by atoms with E-state index < -0.39 is 17.9 Å². The van der Waals surface area contributed by atoms with Gasteiger partial charge in [-0.25, -0.2) is 4.98 Å². The second kappa shape index (κ2) is 5.49. The number of aromatic nitrogens is 2. The summed E-state index contributed by atoms with van der Waals surface area (Å²) in [5.74, 6) is -1.56. The van der Waals surface area contributed by atoms with E-state index in [0.29, 0.717) is 5.69 Å². The molecule has 100 valence electrons. The Morgan fingerprint density at radius 1 is 1.42 bits per heavy atom. The van der Waals surface area contributed by atoms with Crippen molar-refractivity contribution in [3.05, 3.63) is 24.5 Å². The van der Waals surface area contributed by atoms with Crippen LogP contribution in [0.15, 0.2) is 24.5 Å². The fraction of sp³-hybridized carbons (Fsp3) is 0.250. The van der Waals surface area contributed by atoms with Crippen molar-refractivity contribution < 1.29 is 14.7 Å². The molecule has 2 amide bonds. The lowest BCUT2D eigenvalue weighted by atomic mass is 10.2. The van der Waals surface area contributed by atoms with Gasteiger partial charge in [-0.1, -0.05) is 0 Å². The average Bonchev–Trinajstić information content (AvgIpc) is 2.83. The Hall–Kier alpha value is -2.41. The number of imidazole rings is 1.